The minimum atomic E-state index is -0.0807. The lowest BCUT2D eigenvalue weighted by atomic mass is 9.91. The van der Waals surface area contributed by atoms with E-state index in [9.17, 15) is 4.79 Å². The molecule has 0 aromatic rings. The van der Waals surface area contributed by atoms with E-state index in [0.717, 1.165) is 6.54 Å². The fourth-order valence-electron chi connectivity index (χ4n) is 1.99. The van der Waals surface area contributed by atoms with Crippen molar-refractivity contribution in [1.82, 2.24) is 5.32 Å². The summed E-state index contributed by atoms with van der Waals surface area (Å²) in [7, 11) is 0. The molecule has 0 heterocycles. The summed E-state index contributed by atoms with van der Waals surface area (Å²) >= 11 is 0. The summed E-state index contributed by atoms with van der Waals surface area (Å²) in [5, 5.41) is 3.41. The molecule has 0 saturated heterocycles. The molecule has 1 unspecified atom stereocenters. The molecule has 1 N–H and O–H groups in total. The van der Waals surface area contributed by atoms with Crippen molar-refractivity contribution in [2.45, 2.75) is 45.6 Å². The quantitative estimate of drug-likeness (QED) is 0.662. The van der Waals surface area contributed by atoms with Crippen LogP contribution in [0.1, 0.15) is 40.0 Å². The standard InChI is InChI=1S/C11H21NO2/c1-4-12-11(3,9-6-7-9)8-10(13)14-5-2/h9,12H,4-8H2,1-3H3. The Kier molecular flexibility index (Phi) is 3.93. The fraction of sp³-hybridized carbons (Fsp3) is 0.909. The summed E-state index contributed by atoms with van der Waals surface area (Å²) in [5.41, 5.74) is -0.0407. The van der Waals surface area contributed by atoms with Gasteiger partial charge in [-0.05, 0) is 39.2 Å². The van der Waals surface area contributed by atoms with Gasteiger partial charge in [0.05, 0.1) is 13.0 Å². The van der Waals surface area contributed by atoms with Crippen LogP contribution in [0.4, 0.5) is 0 Å². The van der Waals surface area contributed by atoms with Crippen LogP contribution in [0, 0.1) is 5.92 Å². The van der Waals surface area contributed by atoms with Gasteiger partial charge in [0, 0.05) is 5.54 Å². The Hall–Kier alpha value is -0.570. The largest absolute Gasteiger partial charge is 0.466 e. The van der Waals surface area contributed by atoms with Gasteiger partial charge in [-0.3, -0.25) is 4.79 Å². The predicted octanol–water partition coefficient (Wildman–Crippen LogP) is 1.72. The summed E-state index contributed by atoms with van der Waals surface area (Å²) in [6.07, 6.45) is 2.98. The Morgan fingerprint density at radius 1 is 1.50 bits per heavy atom. The first-order valence-electron chi connectivity index (χ1n) is 5.53. The lowest BCUT2D eigenvalue weighted by Gasteiger charge is -2.29. The molecule has 82 valence electrons. The van der Waals surface area contributed by atoms with Crippen molar-refractivity contribution in [2.24, 2.45) is 5.92 Å². The zero-order valence-corrected chi connectivity index (χ0v) is 9.43. The Balaban J connectivity index is 2.45. The highest BCUT2D eigenvalue weighted by molar-refractivity contribution is 5.71. The summed E-state index contributed by atoms with van der Waals surface area (Å²) in [4.78, 5) is 11.4. The zero-order valence-electron chi connectivity index (χ0n) is 9.43. The summed E-state index contributed by atoms with van der Waals surface area (Å²) in [6, 6.07) is 0. The van der Waals surface area contributed by atoms with Crippen LogP contribution in [0.25, 0.3) is 0 Å². The molecule has 0 radical (unpaired) electrons. The van der Waals surface area contributed by atoms with Gasteiger partial charge in [0.15, 0.2) is 0 Å². The Morgan fingerprint density at radius 3 is 2.57 bits per heavy atom. The van der Waals surface area contributed by atoms with Crippen LogP contribution in [-0.2, 0) is 9.53 Å². The van der Waals surface area contributed by atoms with Crippen LogP contribution in [-0.4, -0.2) is 24.7 Å². The van der Waals surface area contributed by atoms with Crippen molar-refractivity contribution in [1.29, 1.82) is 0 Å². The number of nitrogens with one attached hydrogen (secondary N) is 1. The van der Waals surface area contributed by atoms with Gasteiger partial charge in [-0.15, -0.1) is 0 Å². The Morgan fingerprint density at radius 2 is 2.14 bits per heavy atom. The topological polar surface area (TPSA) is 38.3 Å². The molecule has 1 rings (SSSR count). The minimum absolute atomic E-state index is 0.0407. The Bertz CT molecular complexity index is 201. The number of hydrogen-bond donors (Lipinski definition) is 1. The van der Waals surface area contributed by atoms with Crippen molar-refractivity contribution in [3.05, 3.63) is 0 Å². The predicted molar refractivity (Wildman–Crippen MR) is 56.1 cm³/mol. The average molecular weight is 199 g/mol. The van der Waals surface area contributed by atoms with Gasteiger partial charge in [-0.2, -0.15) is 0 Å². The summed E-state index contributed by atoms with van der Waals surface area (Å²) in [5.74, 6) is 0.578. The van der Waals surface area contributed by atoms with Gasteiger partial charge >= 0.3 is 5.97 Å². The highest BCUT2D eigenvalue weighted by Gasteiger charge is 2.42. The highest BCUT2D eigenvalue weighted by Crippen LogP contribution is 2.41. The molecular formula is C11H21NO2. The maximum absolute atomic E-state index is 11.4. The van der Waals surface area contributed by atoms with Gasteiger partial charge in [-0.1, -0.05) is 6.92 Å². The molecule has 14 heavy (non-hydrogen) atoms. The fourth-order valence-corrected chi connectivity index (χ4v) is 1.99. The van der Waals surface area contributed by atoms with E-state index in [1.54, 1.807) is 0 Å². The molecule has 0 spiro atoms. The number of rotatable bonds is 6. The second-order valence-corrected chi connectivity index (χ2v) is 4.20. The lowest BCUT2D eigenvalue weighted by Crippen LogP contribution is -2.46. The number of ether oxygens (including phenoxy) is 1. The number of carbonyl (C=O) groups is 1. The third kappa shape index (κ3) is 2.98. The number of hydrogen-bond acceptors (Lipinski definition) is 3. The van der Waals surface area contributed by atoms with E-state index in [0.29, 0.717) is 18.9 Å². The van der Waals surface area contributed by atoms with Crippen molar-refractivity contribution >= 4 is 5.97 Å². The first-order chi connectivity index (χ1) is 6.62. The van der Waals surface area contributed by atoms with E-state index in [1.807, 2.05) is 6.92 Å². The molecule has 0 aliphatic heterocycles. The number of esters is 1. The number of carbonyl (C=O) groups excluding carboxylic acids is 1. The second-order valence-electron chi connectivity index (χ2n) is 4.20. The zero-order chi connectivity index (χ0) is 10.6. The van der Waals surface area contributed by atoms with Crippen LogP contribution in [0.15, 0.2) is 0 Å². The SMILES string of the molecule is CCNC(C)(CC(=O)OCC)C1CC1. The lowest BCUT2D eigenvalue weighted by molar-refractivity contribution is -0.145. The van der Waals surface area contributed by atoms with Crippen molar-refractivity contribution in [3.63, 3.8) is 0 Å². The Labute approximate surface area is 86.2 Å². The van der Waals surface area contributed by atoms with E-state index in [2.05, 4.69) is 19.2 Å². The average Bonchev–Trinajstić information content (AvgIpc) is 2.86. The molecule has 1 aliphatic carbocycles. The second kappa shape index (κ2) is 4.78. The van der Waals surface area contributed by atoms with Crippen molar-refractivity contribution in [3.8, 4) is 0 Å². The molecule has 0 amide bonds. The molecule has 0 aromatic carbocycles. The molecule has 1 saturated carbocycles. The van der Waals surface area contributed by atoms with Gasteiger partial charge in [0.2, 0.25) is 0 Å². The van der Waals surface area contributed by atoms with E-state index in [-0.39, 0.29) is 11.5 Å². The van der Waals surface area contributed by atoms with E-state index >= 15 is 0 Å². The van der Waals surface area contributed by atoms with Crippen LogP contribution < -0.4 is 5.32 Å². The maximum Gasteiger partial charge on any atom is 0.307 e. The normalized spacial score (nSPS) is 20.2. The maximum atomic E-state index is 11.4. The summed E-state index contributed by atoms with van der Waals surface area (Å²) < 4.78 is 4.98. The van der Waals surface area contributed by atoms with E-state index in [4.69, 9.17) is 4.74 Å². The van der Waals surface area contributed by atoms with Gasteiger partial charge in [0.1, 0.15) is 0 Å². The smallest absolute Gasteiger partial charge is 0.307 e. The highest BCUT2D eigenvalue weighted by atomic mass is 16.5. The van der Waals surface area contributed by atoms with Crippen LogP contribution >= 0.6 is 0 Å². The van der Waals surface area contributed by atoms with Gasteiger partial charge in [0.25, 0.3) is 0 Å². The molecular weight excluding hydrogens is 178 g/mol. The van der Waals surface area contributed by atoms with Crippen molar-refractivity contribution < 1.29 is 9.53 Å². The van der Waals surface area contributed by atoms with Crippen LogP contribution in [0.5, 0.6) is 0 Å². The summed E-state index contributed by atoms with van der Waals surface area (Å²) in [6.45, 7) is 7.44. The van der Waals surface area contributed by atoms with Gasteiger partial charge in [-0.25, -0.2) is 0 Å². The monoisotopic (exact) mass is 199 g/mol. The third-order valence-corrected chi connectivity index (χ3v) is 2.88. The first-order valence-corrected chi connectivity index (χ1v) is 5.53. The molecule has 1 fully saturated rings. The third-order valence-electron chi connectivity index (χ3n) is 2.88. The van der Waals surface area contributed by atoms with Crippen LogP contribution in [0.3, 0.4) is 0 Å². The van der Waals surface area contributed by atoms with Crippen LogP contribution in [0.2, 0.25) is 0 Å². The molecule has 1 atom stereocenters. The molecule has 3 heteroatoms. The van der Waals surface area contributed by atoms with Crippen molar-refractivity contribution in [2.75, 3.05) is 13.2 Å². The van der Waals surface area contributed by atoms with E-state index < -0.39 is 0 Å². The molecule has 0 bridgehead atoms. The molecule has 3 nitrogen and oxygen atoms in total. The molecule has 0 aromatic heterocycles. The minimum Gasteiger partial charge on any atom is -0.466 e. The van der Waals surface area contributed by atoms with Gasteiger partial charge < -0.3 is 10.1 Å². The first kappa shape index (κ1) is 11.5. The molecule has 1 aliphatic rings. The van der Waals surface area contributed by atoms with E-state index in [1.165, 1.54) is 12.8 Å².